The first kappa shape index (κ1) is 21.8. The zero-order valence-corrected chi connectivity index (χ0v) is 16.1. The molecule has 8 heteroatoms. The van der Waals surface area contributed by atoms with Crippen LogP contribution in [0.25, 0.3) is 0 Å². The van der Waals surface area contributed by atoms with E-state index in [1.54, 1.807) is 38.1 Å². The Morgan fingerprint density at radius 2 is 1.68 bits per heavy atom. The summed E-state index contributed by atoms with van der Waals surface area (Å²) >= 11 is 5.82. The van der Waals surface area contributed by atoms with Gasteiger partial charge in [-0.1, -0.05) is 35.9 Å². The molecule has 4 nitrogen and oxygen atoms in total. The van der Waals surface area contributed by atoms with E-state index in [-0.39, 0.29) is 30.6 Å². The number of amides is 2. The van der Waals surface area contributed by atoms with E-state index in [1.807, 2.05) is 0 Å². The SMILES string of the molecule is CC(C)N(CC(=O)Nc1ccccc1C(F)(F)F)C(=O)Cc1ccc(Cl)cc1. The van der Waals surface area contributed by atoms with E-state index in [0.29, 0.717) is 5.02 Å². The van der Waals surface area contributed by atoms with Crippen molar-refractivity contribution >= 4 is 29.1 Å². The van der Waals surface area contributed by atoms with Gasteiger partial charge in [0.05, 0.1) is 17.7 Å². The van der Waals surface area contributed by atoms with Crippen molar-refractivity contribution < 1.29 is 22.8 Å². The van der Waals surface area contributed by atoms with Crippen LogP contribution in [0.5, 0.6) is 0 Å². The van der Waals surface area contributed by atoms with Crippen molar-refractivity contribution in [2.24, 2.45) is 0 Å². The highest BCUT2D eigenvalue weighted by Crippen LogP contribution is 2.34. The number of anilines is 1. The molecule has 0 aliphatic heterocycles. The first-order valence-corrected chi connectivity index (χ1v) is 8.95. The van der Waals surface area contributed by atoms with Crippen molar-refractivity contribution in [1.29, 1.82) is 0 Å². The topological polar surface area (TPSA) is 49.4 Å². The Morgan fingerprint density at radius 1 is 1.07 bits per heavy atom. The van der Waals surface area contributed by atoms with Gasteiger partial charge in [0, 0.05) is 11.1 Å². The zero-order chi connectivity index (χ0) is 20.9. The molecule has 2 aromatic rings. The molecule has 0 atom stereocenters. The molecule has 150 valence electrons. The average molecular weight is 413 g/mol. The van der Waals surface area contributed by atoms with Gasteiger partial charge in [0.25, 0.3) is 0 Å². The number of rotatable bonds is 6. The van der Waals surface area contributed by atoms with Gasteiger partial charge in [0.15, 0.2) is 0 Å². The fourth-order valence-corrected chi connectivity index (χ4v) is 2.75. The number of hydrogen-bond acceptors (Lipinski definition) is 2. The molecule has 28 heavy (non-hydrogen) atoms. The van der Waals surface area contributed by atoms with Crippen molar-refractivity contribution in [3.8, 4) is 0 Å². The fraction of sp³-hybridized carbons (Fsp3) is 0.300. The molecule has 0 spiro atoms. The van der Waals surface area contributed by atoms with Crippen LogP contribution in [0.2, 0.25) is 5.02 Å². The van der Waals surface area contributed by atoms with E-state index in [4.69, 9.17) is 11.6 Å². The molecular formula is C20H20ClF3N2O2. The second kappa shape index (κ2) is 9.10. The van der Waals surface area contributed by atoms with Crippen LogP contribution >= 0.6 is 11.6 Å². The largest absolute Gasteiger partial charge is 0.418 e. The number of carbonyl (C=O) groups is 2. The second-order valence-corrected chi connectivity index (χ2v) is 6.95. The first-order chi connectivity index (χ1) is 13.1. The maximum Gasteiger partial charge on any atom is 0.418 e. The van der Waals surface area contributed by atoms with Gasteiger partial charge >= 0.3 is 6.18 Å². The molecule has 0 saturated heterocycles. The zero-order valence-electron chi connectivity index (χ0n) is 15.4. The molecule has 1 N–H and O–H groups in total. The maximum atomic E-state index is 13.1. The van der Waals surface area contributed by atoms with E-state index in [1.165, 1.54) is 23.1 Å². The minimum atomic E-state index is -4.59. The first-order valence-electron chi connectivity index (χ1n) is 8.58. The quantitative estimate of drug-likeness (QED) is 0.742. The highest BCUT2D eigenvalue weighted by Gasteiger charge is 2.33. The minimum Gasteiger partial charge on any atom is -0.331 e. The summed E-state index contributed by atoms with van der Waals surface area (Å²) in [5, 5.41) is 2.80. The predicted octanol–water partition coefficient (Wildman–Crippen LogP) is 4.78. The summed E-state index contributed by atoms with van der Waals surface area (Å²) in [7, 11) is 0. The predicted molar refractivity (Wildman–Crippen MR) is 102 cm³/mol. The number of hydrogen-bond donors (Lipinski definition) is 1. The smallest absolute Gasteiger partial charge is 0.331 e. The molecule has 0 heterocycles. The van der Waals surface area contributed by atoms with Gasteiger partial charge in [-0.2, -0.15) is 13.2 Å². The molecular weight excluding hydrogens is 393 g/mol. The number of halogens is 4. The average Bonchev–Trinajstić information content (AvgIpc) is 2.61. The summed E-state index contributed by atoms with van der Waals surface area (Å²) in [5.41, 5.74) is -0.552. The third kappa shape index (κ3) is 5.99. The lowest BCUT2D eigenvalue weighted by atomic mass is 10.1. The number of carbonyl (C=O) groups excluding carboxylic acids is 2. The van der Waals surface area contributed by atoms with Crippen molar-refractivity contribution in [2.45, 2.75) is 32.5 Å². The van der Waals surface area contributed by atoms with Crippen LogP contribution in [0.1, 0.15) is 25.0 Å². The highest BCUT2D eigenvalue weighted by atomic mass is 35.5. The number of nitrogens with zero attached hydrogens (tertiary/aromatic N) is 1. The van der Waals surface area contributed by atoms with Crippen LogP contribution in [0.4, 0.5) is 18.9 Å². The molecule has 0 bridgehead atoms. The van der Waals surface area contributed by atoms with E-state index >= 15 is 0 Å². The number of alkyl halides is 3. The lowest BCUT2D eigenvalue weighted by molar-refractivity contribution is -0.137. The molecule has 0 aliphatic carbocycles. The Kier molecular flexibility index (Phi) is 7.07. The minimum absolute atomic E-state index is 0.0573. The second-order valence-electron chi connectivity index (χ2n) is 6.51. The van der Waals surface area contributed by atoms with Gasteiger partial charge in [0.1, 0.15) is 6.54 Å². The summed E-state index contributed by atoms with van der Waals surface area (Å²) in [6, 6.07) is 11.1. The summed E-state index contributed by atoms with van der Waals surface area (Å²) in [4.78, 5) is 26.2. The Morgan fingerprint density at radius 3 is 2.25 bits per heavy atom. The van der Waals surface area contributed by atoms with Gasteiger partial charge < -0.3 is 10.2 Å². The highest BCUT2D eigenvalue weighted by molar-refractivity contribution is 6.30. The Hall–Kier alpha value is -2.54. The Labute approximate surface area is 166 Å². The fourth-order valence-electron chi connectivity index (χ4n) is 2.62. The van der Waals surface area contributed by atoms with Gasteiger partial charge in [0.2, 0.25) is 11.8 Å². The van der Waals surface area contributed by atoms with Crippen LogP contribution in [-0.4, -0.2) is 29.3 Å². The molecule has 0 unspecified atom stereocenters. The molecule has 0 aromatic heterocycles. The van der Waals surface area contributed by atoms with Crippen molar-refractivity contribution in [3.05, 3.63) is 64.7 Å². The molecule has 2 aromatic carbocycles. The van der Waals surface area contributed by atoms with E-state index in [9.17, 15) is 22.8 Å². The standard InChI is InChI=1S/C20H20ClF3N2O2/c1-13(2)26(19(28)11-14-7-9-15(21)10-8-14)12-18(27)25-17-6-4-3-5-16(17)20(22,23)24/h3-10,13H,11-12H2,1-2H3,(H,25,27). The Bertz CT molecular complexity index is 836. The monoisotopic (exact) mass is 412 g/mol. The number of para-hydroxylation sites is 1. The van der Waals surface area contributed by atoms with Gasteiger partial charge in [-0.3, -0.25) is 9.59 Å². The maximum absolute atomic E-state index is 13.1. The van der Waals surface area contributed by atoms with E-state index in [0.717, 1.165) is 11.6 Å². The normalized spacial score (nSPS) is 11.4. The summed E-state index contributed by atoms with van der Waals surface area (Å²) in [5.74, 6) is -1.01. The van der Waals surface area contributed by atoms with Crippen molar-refractivity contribution in [1.82, 2.24) is 4.90 Å². The van der Waals surface area contributed by atoms with E-state index < -0.39 is 17.6 Å². The molecule has 0 radical (unpaired) electrons. The molecule has 2 rings (SSSR count). The summed E-state index contributed by atoms with van der Waals surface area (Å²) < 4.78 is 39.2. The lowest BCUT2D eigenvalue weighted by Gasteiger charge is -2.26. The van der Waals surface area contributed by atoms with Crippen molar-refractivity contribution in [2.75, 3.05) is 11.9 Å². The molecule has 0 saturated carbocycles. The molecule has 0 fully saturated rings. The molecule has 2 amide bonds. The summed E-state index contributed by atoms with van der Waals surface area (Å²) in [6.07, 6.45) is -4.53. The molecule has 0 aliphatic rings. The van der Waals surface area contributed by atoms with E-state index in [2.05, 4.69) is 5.32 Å². The Balaban J connectivity index is 2.09. The van der Waals surface area contributed by atoms with Crippen LogP contribution in [-0.2, 0) is 22.2 Å². The van der Waals surface area contributed by atoms with Gasteiger partial charge in [-0.25, -0.2) is 0 Å². The number of nitrogens with one attached hydrogen (secondary N) is 1. The van der Waals surface area contributed by atoms with Crippen LogP contribution in [0.3, 0.4) is 0 Å². The van der Waals surface area contributed by atoms with Crippen LogP contribution in [0, 0.1) is 0 Å². The number of benzene rings is 2. The summed E-state index contributed by atoms with van der Waals surface area (Å²) in [6.45, 7) is 3.11. The van der Waals surface area contributed by atoms with Crippen LogP contribution in [0.15, 0.2) is 48.5 Å². The van der Waals surface area contributed by atoms with Gasteiger partial charge in [-0.05, 0) is 43.7 Å². The van der Waals surface area contributed by atoms with Crippen LogP contribution < -0.4 is 5.32 Å². The van der Waals surface area contributed by atoms with Crippen molar-refractivity contribution in [3.63, 3.8) is 0 Å². The third-order valence-electron chi connectivity index (χ3n) is 4.03. The lowest BCUT2D eigenvalue weighted by Crippen LogP contribution is -2.43. The third-order valence-corrected chi connectivity index (χ3v) is 4.28. The van der Waals surface area contributed by atoms with Gasteiger partial charge in [-0.15, -0.1) is 0 Å².